The van der Waals surface area contributed by atoms with E-state index in [0.29, 0.717) is 34.3 Å². The third-order valence-corrected chi connectivity index (χ3v) is 11.8. The summed E-state index contributed by atoms with van der Waals surface area (Å²) in [5, 5.41) is 3.85. The number of halogens is 1. The summed E-state index contributed by atoms with van der Waals surface area (Å²) in [5.74, 6) is 6.10. The molecule has 0 aliphatic carbocycles. The van der Waals surface area contributed by atoms with Crippen molar-refractivity contribution in [1.29, 1.82) is 0 Å². The van der Waals surface area contributed by atoms with Gasteiger partial charge in [-0.05, 0) is 112 Å². The fraction of sp³-hybridized carbons (Fsp3) is 0.0980. The number of aromatic nitrogens is 6. The van der Waals surface area contributed by atoms with Gasteiger partial charge in [-0.15, -0.1) is 0 Å². The number of fused-ring (bicyclic) bond motifs is 8. The van der Waals surface area contributed by atoms with Gasteiger partial charge >= 0.3 is 0 Å². The minimum Gasteiger partial charge on any atom is -0.497 e. The van der Waals surface area contributed by atoms with E-state index in [9.17, 15) is 0 Å². The van der Waals surface area contributed by atoms with E-state index in [1.165, 1.54) is 11.1 Å². The Hall–Kier alpha value is -8.10. The van der Waals surface area contributed by atoms with E-state index in [4.69, 9.17) is 28.4 Å². The van der Waals surface area contributed by atoms with Crippen LogP contribution in [0.4, 0.5) is 17.1 Å². The number of hydrogen-bond acceptors (Lipinski definition) is 13. The third-order valence-electron chi connectivity index (χ3n) is 11.0. The summed E-state index contributed by atoms with van der Waals surface area (Å²) < 4.78 is 34.5. The zero-order chi connectivity index (χ0) is 44.4. The van der Waals surface area contributed by atoms with Gasteiger partial charge in [0, 0.05) is 81.5 Å². The summed E-state index contributed by atoms with van der Waals surface area (Å²) in [6.07, 6.45) is 7.82. The predicted molar refractivity (Wildman–Crippen MR) is 254 cm³/mol. The van der Waals surface area contributed by atoms with Gasteiger partial charge in [0.15, 0.2) is 34.1 Å². The highest BCUT2D eigenvalue weighted by Crippen LogP contribution is 2.54. The molecule has 0 saturated heterocycles. The maximum Gasteiger partial charge on any atom is 0.163 e. The first-order valence-corrected chi connectivity index (χ1v) is 21.2. The second-order valence-corrected chi connectivity index (χ2v) is 15.5. The number of benzene rings is 4. The minimum atomic E-state index is 0.630. The maximum atomic E-state index is 6.29. The van der Waals surface area contributed by atoms with Gasteiger partial charge < -0.3 is 33.3 Å². The number of hydrogen-bond donors (Lipinski definition) is 0. The van der Waals surface area contributed by atoms with Crippen molar-refractivity contribution in [3.8, 4) is 46.0 Å². The van der Waals surface area contributed by atoms with Gasteiger partial charge in [-0.3, -0.25) is 0 Å². The third kappa shape index (κ3) is 7.84. The Bertz CT molecular complexity index is 3210. The van der Waals surface area contributed by atoms with Crippen LogP contribution in [-0.2, 0) is 6.42 Å². The highest BCUT2D eigenvalue weighted by molar-refractivity contribution is 9.10. The lowest BCUT2D eigenvalue weighted by molar-refractivity contribution is 0.399. The van der Waals surface area contributed by atoms with E-state index >= 15 is 0 Å². The molecule has 320 valence electrons. The van der Waals surface area contributed by atoms with Gasteiger partial charge in [-0.2, -0.15) is 0 Å². The Morgan fingerprint density at radius 1 is 0.446 bits per heavy atom. The number of ether oxygens (including phenoxy) is 6. The van der Waals surface area contributed by atoms with E-state index in [1.54, 1.807) is 53.2 Å². The summed E-state index contributed by atoms with van der Waals surface area (Å²) >= 11 is 3.56. The summed E-state index contributed by atoms with van der Waals surface area (Å²) in [7, 11) is 6.59. The molecule has 2 aliphatic rings. The molecule has 0 saturated carbocycles. The first-order chi connectivity index (χ1) is 31.9. The quantitative estimate of drug-likeness (QED) is 0.152. The van der Waals surface area contributed by atoms with Gasteiger partial charge in [-0.1, -0.05) is 12.1 Å². The van der Waals surface area contributed by atoms with Crippen LogP contribution >= 0.6 is 15.9 Å². The Morgan fingerprint density at radius 2 is 0.800 bits per heavy atom. The SMILES string of the molecule is Brc1c2cccnc2nc2ncccc12.COc1ccc2c(c1)Oc1cc(OC)ccc1C2.COc1ccc2c(c1)Oc1cc(OC)ccc1N2c1c2cccnc2nc2ncccc12. The summed E-state index contributed by atoms with van der Waals surface area (Å²) in [6, 6.07) is 39.1. The summed E-state index contributed by atoms with van der Waals surface area (Å²) in [5.41, 5.74) is 7.74. The molecule has 0 spiro atoms. The lowest BCUT2D eigenvalue weighted by atomic mass is 10.00. The largest absolute Gasteiger partial charge is 0.497 e. The molecule has 10 aromatic rings. The Balaban J connectivity index is 0.000000127. The van der Waals surface area contributed by atoms with Crippen LogP contribution < -0.4 is 33.3 Å². The monoisotopic (exact) mass is 923 g/mol. The van der Waals surface area contributed by atoms with Crippen LogP contribution in [0, 0.1) is 0 Å². The molecule has 0 amide bonds. The van der Waals surface area contributed by atoms with Crippen molar-refractivity contribution < 1.29 is 28.4 Å². The van der Waals surface area contributed by atoms with Crippen molar-refractivity contribution in [2.24, 2.45) is 0 Å². The molecule has 13 nitrogen and oxygen atoms in total. The van der Waals surface area contributed by atoms with Crippen molar-refractivity contribution >= 4 is 77.1 Å². The van der Waals surface area contributed by atoms with Gasteiger partial charge in [0.1, 0.15) is 34.5 Å². The second-order valence-electron chi connectivity index (χ2n) is 14.7. The van der Waals surface area contributed by atoms with E-state index in [2.05, 4.69) is 50.7 Å². The van der Waals surface area contributed by atoms with Crippen LogP contribution in [0.25, 0.3) is 44.1 Å². The Labute approximate surface area is 381 Å². The average molecular weight is 925 g/mol. The zero-order valence-corrected chi connectivity index (χ0v) is 37.1. The molecule has 0 radical (unpaired) electrons. The van der Waals surface area contributed by atoms with E-state index in [1.807, 2.05) is 121 Å². The Morgan fingerprint density at radius 3 is 1.22 bits per heavy atom. The number of methoxy groups -OCH3 is 4. The van der Waals surface area contributed by atoms with Crippen LogP contribution in [0.15, 0.2) is 151 Å². The summed E-state index contributed by atoms with van der Waals surface area (Å²) in [4.78, 5) is 28.7. The highest BCUT2D eigenvalue weighted by Gasteiger charge is 2.30. The van der Waals surface area contributed by atoms with Crippen molar-refractivity contribution in [2.45, 2.75) is 6.42 Å². The van der Waals surface area contributed by atoms with Gasteiger partial charge in [-0.25, -0.2) is 29.9 Å². The molecule has 14 heteroatoms. The average Bonchev–Trinajstić information content (AvgIpc) is 3.36. The van der Waals surface area contributed by atoms with E-state index < -0.39 is 0 Å². The van der Waals surface area contributed by atoms with Gasteiger partial charge in [0.2, 0.25) is 0 Å². The van der Waals surface area contributed by atoms with Gasteiger partial charge in [0.05, 0.1) is 45.5 Å². The van der Waals surface area contributed by atoms with E-state index in [0.717, 1.165) is 83.8 Å². The van der Waals surface area contributed by atoms with Crippen molar-refractivity contribution in [3.63, 3.8) is 0 Å². The van der Waals surface area contributed by atoms with Crippen LogP contribution in [0.3, 0.4) is 0 Å². The van der Waals surface area contributed by atoms with E-state index in [-0.39, 0.29) is 0 Å². The highest BCUT2D eigenvalue weighted by atomic mass is 79.9. The first-order valence-electron chi connectivity index (χ1n) is 20.4. The molecule has 12 rings (SSSR count). The lowest BCUT2D eigenvalue weighted by Crippen LogP contribution is -2.17. The molecule has 8 heterocycles. The summed E-state index contributed by atoms with van der Waals surface area (Å²) in [6.45, 7) is 0. The topological polar surface area (TPSA) is 136 Å². The molecule has 6 aromatic heterocycles. The molecule has 0 fully saturated rings. The molecular formula is C51H38BrN7O6. The minimum absolute atomic E-state index is 0.630. The van der Waals surface area contributed by atoms with Crippen molar-refractivity contribution in [2.75, 3.05) is 33.3 Å². The smallest absolute Gasteiger partial charge is 0.163 e. The molecule has 2 aliphatic heterocycles. The van der Waals surface area contributed by atoms with Crippen LogP contribution in [-0.4, -0.2) is 58.3 Å². The number of rotatable bonds is 5. The standard InChI is InChI=1S/C25H18N4O3.C15H14O3.C11H6BrN3/c1-30-15-7-9-19-21(13-15)32-22-14-16(31-2)8-10-20(22)29(19)23-17-5-3-11-26-24(17)28-25-18(23)6-4-12-27-25;1-16-12-5-3-10-7-11-4-6-13(17-2)9-15(11)18-14(10)8-12;12-9-7-3-1-5-13-10(7)15-11-8(9)4-2-6-14-11/h3-14H,1-2H3;3-6,8-9H,7H2,1-2H3;1-6H. The van der Waals surface area contributed by atoms with Crippen LogP contribution in [0.1, 0.15) is 11.1 Å². The number of pyridine rings is 6. The number of anilines is 3. The predicted octanol–water partition coefficient (Wildman–Crippen LogP) is 12.1. The molecule has 0 atom stereocenters. The maximum absolute atomic E-state index is 6.29. The number of nitrogens with zero attached hydrogens (tertiary/aromatic N) is 7. The molecule has 0 N–H and O–H groups in total. The Kier molecular flexibility index (Phi) is 11.1. The van der Waals surface area contributed by atoms with Crippen molar-refractivity contribution in [1.82, 2.24) is 29.9 Å². The molecular weight excluding hydrogens is 887 g/mol. The fourth-order valence-corrected chi connectivity index (χ4v) is 8.40. The normalized spacial score (nSPS) is 11.9. The fourth-order valence-electron chi connectivity index (χ4n) is 7.78. The first kappa shape index (κ1) is 40.9. The molecule has 0 bridgehead atoms. The lowest BCUT2D eigenvalue weighted by Gasteiger charge is -2.34. The molecule has 4 aromatic carbocycles. The van der Waals surface area contributed by atoms with Gasteiger partial charge in [0.25, 0.3) is 0 Å². The van der Waals surface area contributed by atoms with Crippen LogP contribution in [0.5, 0.6) is 46.0 Å². The van der Waals surface area contributed by atoms with Crippen LogP contribution in [0.2, 0.25) is 0 Å². The molecule has 65 heavy (non-hydrogen) atoms. The zero-order valence-electron chi connectivity index (χ0n) is 35.5. The molecule has 0 unspecified atom stereocenters. The van der Waals surface area contributed by atoms with Crippen molar-refractivity contribution in [3.05, 3.63) is 162 Å². The second kappa shape index (κ2) is 17.6.